The molecular formula is C8H15N3O2. The van der Waals surface area contributed by atoms with Gasteiger partial charge in [-0.2, -0.15) is 5.10 Å². The number of rotatable bonds is 0. The van der Waals surface area contributed by atoms with E-state index < -0.39 is 6.23 Å². The fraction of sp³-hybridized carbons (Fsp3) is 0.750. The molecule has 1 unspecified atom stereocenters. The first-order chi connectivity index (χ1) is 5.82. The van der Waals surface area contributed by atoms with Crippen LogP contribution in [0.1, 0.15) is 27.7 Å². The van der Waals surface area contributed by atoms with Crippen LogP contribution in [0.2, 0.25) is 0 Å². The molecule has 5 heteroatoms. The van der Waals surface area contributed by atoms with Gasteiger partial charge in [0.15, 0.2) is 6.23 Å². The molecule has 13 heavy (non-hydrogen) atoms. The van der Waals surface area contributed by atoms with E-state index in [-0.39, 0.29) is 11.6 Å². The highest BCUT2D eigenvalue weighted by atomic mass is 16.3. The summed E-state index contributed by atoms with van der Waals surface area (Å²) < 4.78 is 0. The summed E-state index contributed by atoms with van der Waals surface area (Å²) in [5, 5.41) is 17.0. The highest BCUT2D eigenvalue weighted by molar-refractivity contribution is 5.93. The highest BCUT2D eigenvalue weighted by Crippen LogP contribution is 2.16. The molecule has 0 bridgehead atoms. The van der Waals surface area contributed by atoms with Gasteiger partial charge in [-0.1, -0.05) is 0 Å². The molecule has 0 radical (unpaired) electrons. The van der Waals surface area contributed by atoms with Crippen LogP contribution in [0, 0.1) is 0 Å². The Bertz CT molecular complexity index is 255. The van der Waals surface area contributed by atoms with Crippen molar-refractivity contribution in [3.8, 4) is 0 Å². The van der Waals surface area contributed by atoms with E-state index in [0.717, 1.165) is 0 Å². The van der Waals surface area contributed by atoms with Crippen molar-refractivity contribution in [3.63, 3.8) is 0 Å². The molecule has 0 spiro atoms. The molecule has 0 saturated heterocycles. The van der Waals surface area contributed by atoms with Gasteiger partial charge in [-0.15, -0.1) is 0 Å². The monoisotopic (exact) mass is 185 g/mol. The third-order valence-electron chi connectivity index (χ3n) is 1.74. The predicted molar refractivity (Wildman–Crippen MR) is 49.2 cm³/mol. The molecule has 0 aliphatic carbocycles. The Morgan fingerprint density at radius 1 is 1.54 bits per heavy atom. The van der Waals surface area contributed by atoms with Crippen molar-refractivity contribution in [1.29, 1.82) is 0 Å². The van der Waals surface area contributed by atoms with Crippen molar-refractivity contribution in [1.82, 2.24) is 10.3 Å². The molecule has 74 valence electrons. The van der Waals surface area contributed by atoms with Gasteiger partial charge in [-0.25, -0.2) is 9.80 Å². The number of hydrogen-bond acceptors (Lipinski definition) is 3. The van der Waals surface area contributed by atoms with Crippen LogP contribution in [0.15, 0.2) is 5.10 Å². The number of hydrazone groups is 1. The van der Waals surface area contributed by atoms with E-state index >= 15 is 0 Å². The van der Waals surface area contributed by atoms with Crippen LogP contribution in [0.5, 0.6) is 0 Å². The van der Waals surface area contributed by atoms with Gasteiger partial charge >= 0.3 is 6.03 Å². The second-order valence-electron chi connectivity index (χ2n) is 4.08. The molecule has 5 nitrogen and oxygen atoms in total. The number of hydrogen-bond donors (Lipinski definition) is 2. The zero-order valence-electron chi connectivity index (χ0n) is 8.33. The maximum Gasteiger partial charge on any atom is 0.340 e. The summed E-state index contributed by atoms with van der Waals surface area (Å²) in [4.78, 5) is 11.3. The van der Waals surface area contributed by atoms with Crippen LogP contribution in [-0.4, -0.2) is 33.6 Å². The van der Waals surface area contributed by atoms with Gasteiger partial charge in [0.05, 0.1) is 11.3 Å². The zero-order valence-corrected chi connectivity index (χ0v) is 8.33. The first-order valence-corrected chi connectivity index (χ1v) is 4.16. The Morgan fingerprint density at radius 3 is 2.54 bits per heavy atom. The van der Waals surface area contributed by atoms with Crippen LogP contribution >= 0.6 is 0 Å². The summed E-state index contributed by atoms with van der Waals surface area (Å²) in [5.41, 5.74) is 0.125. The van der Waals surface area contributed by atoms with E-state index in [1.165, 1.54) is 5.01 Å². The zero-order chi connectivity index (χ0) is 10.2. The first-order valence-electron chi connectivity index (χ1n) is 4.16. The molecule has 1 atom stereocenters. The topological polar surface area (TPSA) is 64.9 Å². The smallest absolute Gasteiger partial charge is 0.340 e. The van der Waals surface area contributed by atoms with E-state index in [9.17, 15) is 9.90 Å². The number of aliphatic hydroxyl groups is 1. The SMILES string of the molecule is CC1=NN(C(C)(C)C)C(=O)NC1O. The van der Waals surface area contributed by atoms with Crippen molar-refractivity contribution in [2.75, 3.05) is 0 Å². The molecule has 0 saturated carbocycles. The molecule has 1 aliphatic rings. The minimum absolute atomic E-state index is 0.370. The highest BCUT2D eigenvalue weighted by Gasteiger charge is 2.32. The lowest BCUT2D eigenvalue weighted by atomic mass is 10.1. The number of carbonyl (C=O) groups is 1. The van der Waals surface area contributed by atoms with Crippen molar-refractivity contribution in [2.45, 2.75) is 39.5 Å². The van der Waals surface area contributed by atoms with Crippen molar-refractivity contribution in [3.05, 3.63) is 0 Å². The van der Waals surface area contributed by atoms with Crippen LogP contribution in [0.3, 0.4) is 0 Å². The van der Waals surface area contributed by atoms with E-state index in [1.807, 2.05) is 20.8 Å². The second kappa shape index (κ2) is 2.99. The van der Waals surface area contributed by atoms with Gasteiger partial charge in [0.1, 0.15) is 0 Å². The molecule has 1 aliphatic heterocycles. The molecule has 2 N–H and O–H groups in total. The average molecular weight is 185 g/mol. The van der Waals surface area contributed by atoms with E-state index in [1.54, 1.807) is 6.92 Å². The number of nitrogens with zero attached hydrogens (tertiary/aromatic N) is 2. The third kappa shape index (κ3) is 1.98. The van der Waals surface area contributed by atoms with Gasteiger partial charge in [-0.3, -0.25) is 0 Å². The van der Waals surface area contributed by atoms with E-state index in [0.29, 0.717) is 5.71 Å². The number of aliphatic hydroxyl groups excluding tert-OH is 1. The summed E-state index contributed by atoms with van der Waals surface area (Å²) in [6, 6.07) is -0.370. The average Bonchev–Trinajstić information content (AvgIpc) is 1.94. The minimum Gasteiger partial charge on any atom is -0.368 e. The van der Waals surface area contributed by atoms with E-state index in [4.69, 9.17) is 0 Å². The molecule has 0 fully saturated rings. The maximum absolute atomic E-state index is 11.3. The van der Waals surface area contributed by atoms with Crippen LogP contribution in [-0.2, 0) is 0 Å². The minimum atomic E-state index is -0.953. The first kappa shape index (κ1) is 9.98. The molecule has 1 heterocycles. The van der Waals surface area contributed by atoms with Crippen molar-refractivity contribution < 1.29 is 9.90 Å². The Balaban J connectivity index is 2.94. The Kier molecular flexibility index (Phi) is 2.30. The summed E-state index contributed by atoms with van der Waals surface area (Å²) in [5.74, 6) is 0. The van der Waals surface area contributed by atoms with Crippen molar-refractivity contribution in [2.24, 2.45) is 5.10 Å². The van der Waals surface area contributed by atoms with Gasteiger partial charge < -0.3 is 10.4 Å². The summed E-state index contributed by atoms with van der Waals surface area (Å²) in [6.45, 7) is 7.30. The van der Waals surface area contributed by atoms with E-state index in [2.05, 4.69) is 10.4 Å². The van der Waals surface area contributed by atoms with Gasteiger partial charge in [0, 0.05) is 0 Å². The van der Waals surface area contributed by atoms with Crippen LogP contribution < -0.4 is 5.32 Å². The predicted octanol–water partition coefficient (Wildman–Crippen LogP) is 0.504. The Hall–Kier alpha value is -1.10. The fourth-order valence-corrected chi connectivity index (χ4v) is 0.995. The summed E-state index contributed by atoms with van der Waals surface area (Å²) in [7, 11) is 0. The maximum atomic E-state index is 11.3. The number of carbonyl (C=O) groups excluding carboxylic acids is 1. The molecule has 0 aromatic carbocycles. The lowest BCUT2D eigenvalue weighted by molar-refractivity contribution is 0.112. The molecule has 1 rings (SSSR count). The molecular weight excluding hydrogens is 170 g/mol. The molecule has 2 amide bonds. The van der Waals surface area contributed by atoms with Crippen LogP contribution in [0.25, 0.3) is 0 Å². The van der Waals surface area contributed by atoms with Crippen LogP contribution in [0.4, 0.5) is 4.79 Å². The fourth-order valence-electron chi connectivity index (χ4n) is 0.995. The standard InChI is InChI=1S/C8H15N3O2/c1-5-6(12)9-7(13)11(10-5)8(2,3)4/h6,12H,1-4H3,(H,9,13). The molecule has 0 aromatic heterocycles. The van der Waals surface area contributed by atoms with Crippen molar-refractivity contribution >= 4 is 11.7 Å². The number of amides is 2. The van der Waals surface area contributed by atoms with Gasteiger partial charge in [-0.05, 0) is 27.7 Å². The normalized spacial score (nSPS) is 24.1. The molecule has 0 aromatic rings. The van der Waals surface area contributed by atoms with Gasteiger partial charge in [0.25, 0.3) is 0 Å². The lowest BCUT2D eigenvalue weighted by Gasteiger charge is -2.35. The number of urea groups is 1. The Morgan fingerprint density at radius 2 is 2.08 bits per heavy atom. The Labute approximate surface area is 77.4 Å². The summed E-state index contributed by atoms with van der Waals surface area (Å²) >= 11 is 0. The summed E-state index contributed by atoms with van der Waals surface area (Å²) in [6.07, 6.45) is -0.953. The third-order valence-corrected chi connectivity index (χ3v) is 1.74. The lowest BCUT2D eigenvalue weighted by Crippen LogP contribution is -2.56. The second-order valence-corrected chi connectivity index (χ2v) is 4.08. The van der Waals surface area contributed by atoms with Gasteiger partial charge in [0.2, 0.25) is 0 Å². The quantitative estimate of drug-likeness (QED) is 0.577. The largest absolute Gasteiger partial charge is 0.368 e. The number of nitrogens with one attached hydrogen (secondary N) is 1.